The molecule has 0 fully saturated rings. The van der Waals surface area contributed by atoms with E-state index in [-0.39, 0.29) is 5.56 Å². The number of H-pyrrole nitrogens is 1. The standard InChI is InChI=1S/C13H12N2O3/c1-7-3-4-9(5-8(7)2)11-14-6-10(13(17)18)12(16)15-11/h3-6H,1-2H3,(H,17,18)(H,14,15,16). The van der Waals surface area contributed by atoms with Crippen molar-refractivity contribution < 1.29 is 9.90 Å². The summed E-state index contributed by atoms with van der Waals surface area (Å²) in [5.41, 5.74) is 1.97. The van der Waals surface area contributed by atoms with Gasteiger partial charge in [-0.3, -0.25) is 4.79 Å². The Labute approximate surface area is 103 Å². The number of nitrogens with one attached hydrogen (secondary N) is 1. The molecule has 0 aliphatic heterocycles. The summed E-state index contributed by atoms with van der Waals surface area (Å²) in [6, 6.07) is 5.66. The van der Waals surface area contributed by atoms with Crippen molar-refractivity contribution in [3.8, 4) is 11.4 Å². The van der Waals surface area contributed by atoms with Gasteiger partial charge in [-0.1, -0.05) is 12.1 Å². The summed E-state index contributed by atoms with van der Waals surface area (Å²) >= 11 is 0. The molecule has 5 nitrogen and oxygen atoms in total. The van der Waals surface area contributed by atoms with Crippen LogP contribution >= 0.6 is 0 Å². The van der Waals surface area contributed by atoms with E-state index in [9.17, 15) is 9.59 Å². The molecule has 1 heterocycles. The molecule has 0 amide bonds. The molecule has 0 unspecified atom stereocenters. The lowest BCUT2D eigenvalue weighted by Gasteiger charge is -2.04. The van der Waals surface area contributed by atoms with Crippen molar-refractivity contribution in [3.63, 3.8) is 0 Å². The molecular formula is C13H12N2O3. The number of benzene rings is 1. The minimum Gasteiger partial charge on any atom is -0.477 e. The first-order valence-corrected chi connectivity index (χ1v) is 5.39. The molecule has 1 aromatic carbocycles. The molecule has 0 aliphatic carbocycles. The van der Waals surface area contributed by atoms with E-state index in [0.717, 1.165) is 22.9 Å². The predicted molar refractivity (Wildman–Crippen MR) is 66.7 cm³/mol. The molecule has 2 rings (SSSR count). The van der Waals surface area contributed by atoms with E-state index in [4.69, 9.17) is 5.11 Å². The van der Waals surface area contributed by atoms with Gasteiger partial charge in [0.15, 0.2) is 0 Å². The lowest BCUT2D eigenvalue weighted by molar-refractivity contribution is 0.0694. The van der Waals surface area contributed by atoms with Crippen LogP contribution in [0.1, 0.15) is 21.5 Å². The highest BCUT2D eigenvalue weighted by atomic mass is 16.4. The molecule has 0 aliphatic rings. The Morgan fingerprint density at radius 1 is 1.28 bits per heavy atom. The summed E-state index contributed by atoms with van der Waals surface area (Å²) in [6.45, 7) is 3.95. The van der Waals surface area contributed by atoms with Crippen LogP contribution in [0.5, 0.6) is 0 Å². The van der Waals surface area contributed by atoms with Gasteiger partial charge < -0.3 is 10.1 Å². The Hall–Kier alpha value is -2.43. The SMILES string of the molecule is Cc1ccc(-c2ncc(C(=O)O)c(=O)[nH]2)cc1C. The number of hydrogen-bond donors (Lipinski definition) is 2. The topological polar surface area (TPSA) is 83.0 Å². The maximum absolute atomic E-state index is 11.5. The number of aromatic amines is 1. The number of carboxylic acid groups (broad SMARTS) is 1. The van der Waals surface area contributed by atoms with Gasteiger partial charge in [-0.2, -0.15) is 0 Å². The van der Waals surface area contributed by atoms with Crippen LogP contribution in [-0.4, -0.2) is 21.0 Å². The van der Waals surface area contributed by atoms with Crippen LogP contribution < -0.4 is 5.56 Å². The molecule has 2 N–H and O–H groups in total. The fraction of sp³-hybridized carbons (Fsp3) is 0.154. The minimum absolute atomic E-state index is 0.359. The fourth-order valence-corrected chi connectivity index (χ4v) is 1.58. The highest BCUT2D eigenvalue weighted by Gasteiger charge is 2.10. The number of nitrogens with zero attached hydrogens (tertiary/aromatic N) is 1. The largest absolute Gasteiger partial charge is 0.477 e. The Morgan fingerprint density at radius 3 is 2.56 bits per heavy atom. The second-order valence-corrected chi connectivity index (χ2v) is 4.08. The number of aromatic carboxylic acids is 1. The van der Waals surface area contributed by atoms with E-state index in [2.05, 4.69) is 9.97 Å². The first-order chi connectivity index (χ1) is 8.49. The third kappa shape index (κ3) is 2.15. The van der Waals surface area contributed by atoms with E-state index in [1.807, 2.05) is 32.0 Å². The quantitative estimate of drug-likeness (QED) is 0.843. The number of carboxylic acids is 1. The first kappa shape index (κ1) is 12.0. The summed E-state index contributed by atoms with van der Waals surface area (Å²) < 4.78 is 0. The normalized spacial score (nSPS) is 10.3. The smallest absolute Gasteiger partial charge is 0.342 e. The van der Waals surface area contributed by atoms with Crippen LogP contribution in [0.4, 0.5) is 0 Å². The van der Waals surface area contributed by atoms with Crippen LogP contribution in [0, 0.1) is 13.8 Å². The van der Waals surface area contributed by atoms with Crippen LogP contribution in [0.25, 0.3) is 11.4 Å². The minimum atomic E-state index is -1.28. The van der Waals surface area contributed by atoms with Gasteiger partial charge in [0, 0.05) is 11.8 Å². The first-order valence-electron chi connectivity index (χ1n) is 5.39. The molecule has 0 radical (unpaired) electrons. The van der Waals surface area contributed by atoms with E-state index < -0.39 is 11.5 Å². The van der Waals surface area contributed by atoms with Crippen LogP contribution in [0.15, 0.2) is 29.2 Å². The Kier molecular flexibility index (Phi) is 2.97. The zero-order chi connectivity index (χ0) is 13.3. The molecular weight excluding hydrogens is 232 g/mol. The van der Waals surface area contributed by atoms with Crippen molar-refractivity contribution in [1.29, 1.82) is 0 Å². The van der Waals surface area contributed by atoms with Gasteiger partial charge in [0.2, 0.25) is 0 Å². The van der Waals surface area contributed by atoms with Crippen LogP contribution in [0.3, 0.4) is 0 Å². The Bertz CT molecular complexity index is 674. The van der Waals surface area contributed by atoms with Crippen molar-refractivity contribution >= 4 is 5.97 Å². The van der Waals surface area contributed by atoms with Crippen molar-refractivity contribution in [1.82, 2.24) is 9.97 Å². The number of hydrogen-bond acceptors (Lipinski definition) is 3. The van der Waals surface area contributed by atoms with Gasteiger partial charge in [0.05, 0.1) is 0 Å². The number of rotatable bonds is 2. The van der Waals surface area contributed by atoms with Crippen molar-refractivity contribution in [2.24, 2.45) is 0 Å². The summed E-state index contributed by atoms with van der Waals surface area (Å²) in [7, 11) is 0. The fourth-order valence-electron chi connectivity index (χ4n) is 1.58. The molecule has 0 saturated carbocycles. The summed E-state index contributed by atoms with van der Waals surface area (Å²) in [5, 5.41) is 8.75. The molecule has 1 aromatic heterocycles. The summed E-state index contributed by atoms with van der Waals surface area (Å²) in [4.78, 5) is 28.7. The summed E-state index contributed by atoms with van der Waals surface area (Å²) in [6.07, 6.45) is 1.08. The van der Waals surface area contributed by atoms with Gasteiger partial charge >= 0.3 is 5.97 Å². The number of carbonyl (C=O) groups is 1. The highest BCUT2D eigenvalue weighted by Crippen LogP contribution is 2.17. The maximum atomic E-state index is 11.5. The molecule has 0 spiro atoms. The molecule has 5 heteroatoms. The lowest BCUT2D eigenvalue weighted by Crippen LogP contribution is -2.18. The van der Waals surface area contributed by atoms with Crippen molar-refractivity contribution in [3.05, 3.63) is 51.4 Å². The van der Waals surface area contributed by atoms with Gasteiger partial charge in [-0.25, -0.2) is 9.78 Å². The summed E-state index contributed by atoms with van der Waals surface area (Å²) in [5.74, 6) is -0.913. The second kappa shape index (κ2) is 4.44. The maximum Gasteiger partial charge on any atom is 0.342 e. The second-order valence-electron chi connectivity index (χ2n) is 4.08. The van der Waals surface area contributed by atoms with Crippen LogP contribution in [-0.2, 0) is 0 Å². The average molecular weight is 244 g/mol. The predicted octanol–water partition coefficient (Wildman–Crippen LogP) is 1.75. The lowest BCUT2D eigenvalue weighted by atomic mass is 10.1. The van der Waals surface area contributed by atoms with Crippen molar-refractivity contribution in [2.45, 2.75) is 13.8 Å². The molecule has 92 valence electrons. The highest BCUT2D eigenvalue weighted by molar-refractivity contribution is 5.86. The van der Waals surface area contributed by atoms with E-state index >= 15 is 0 Å². The Morgan fingerprint density at radius 2 is 2.00 bits per heavy atom. The van der Waals surface area contributed by atoms with E-state index in [1.54, 1.807) is 0 Å². The molecule has 0 bridgehead atoms. The third-order valence-electron chi connectivity index (χ3n) is 2.81. The van der Waals surface area contributed by atoms with Gasteiger partial charge in [0.25, 0.3) is 5.56 Å². The number of aromatic nitrogens is 2. The number of aryl methyl sites for hydroxylation is 2. The van der Waals surface area contributed by atoms with Crippen molar-refractivity contribution in [2.75, 3.05) is 0 Å². The average Bonchev–Trinajstić information content (AvgIpc) is 2.32. The van der Waals surface area contributed by atoms with Gasteiger partial charge in [0.1, 0.15) is 11.4 Å². The van der Waals surface area contributed by atoms with Crippen LogP contribution in [0.2, 0.25) is 0 Å². The van der Waals surface area contributed by atoms with Gasteiger partial charge in [-0.15, -0.1) is 0 Å². The Balaban J connectivity index is 2.52. The molecule has 0 atom stereocenters. The van der Waals surface area contributed by atoms with Gasteiger partial charge in [-0.05, 0) is 31.0 Å². The van der Waals surface area contributed by atoms with E-state index in [1.165, 1.54) is 0 Å². The third-order valence-corrected chi connectivity index (χ3v) is 2.81. The zero-order valence-corrected chi connectivity index (χ0v) is 10.0. The molecule has 0 saturated heterocycles. The molecule has 18 heavy (non-hydrogen) atoms. The monoisotopic (exact) mass is 244 g/mol. The molecule has 2 aromatic rings. The zero-order valence-electron chi connectivity index (χ0n) is 10.0. The van der Waals surface area contributed by atoms with E-state index in [0.29, 0.717) is 5.82 Å².